The molecule has 0 amide bonds. The van der Waals surface area contributed by atoms with Gasteiger partial charge in [0.1, 0.15) is 0 Å². The topological polar surface area (TPSA) is 111 Å². The normalized spacial score (nSPS) is 10.8. The van der Waals surface area contributed by atoms with Gasteiger partial charge in [-0.3, -0.25) is 10.1 Å². The van der Waals surface area contributed by atoms with Crippen molar-refractivity contribution in [3.8, 4) is 28.6 Å². The Balaban J connectivity index is 1.74. The van der Waals surface area contributed by atoms with Crippen LogP contribution in [0.3, 0.4) is 0 Å². The summed E-state index contributed by atoms with van der Waals surface area (Å²) in [5, 5.41) is 20.6. The Hall–Kier alpha value is -3.31. The summed E-state index contributed by atoms with van der Waals surface area (Å²) < 4.78 is 23.6. The van der Waals surface area contributed by atoms with Gasteiger partial charge in [-0.1, -0.05) is 23.9 Å². The van der Waals surface area contributed by atoms with E-state index in [0.717, 1.165) is 17.1 Å². The second kappa shape index (κ2) is 12.1. The average Bonchev–Trinajstić information content (AvgIpc) is 3.24. The molecule has 1 heterocycles. The molecular formula is C22H26N4O6S. The van der Waals surface area contributed by atoms with Crippen LogP contribution in [0.1, 0.15) is 6.42 Å². The Morgan fingerprint density at radius 2 is 1.79 bits per heavy atom. The van der Waals surface area contributed by atoms with Crippen molar-refractivity contribution in [1.29, 1.82) is 0 Å². The van der Waals surface area contributed by atoms with Crippen molar-refractivity contribution >= 4 is 17.4 Å². The van der Waals surface area contributed by atoms with Gasteiger partial charge in [0.05, 0.1) is 25.7 Å². The molecule has 33 heavy (non-hydrogen) atoms. The number of nitrogens with zero attached hydrogens (tertiary/aromatic N) is 4. The van der Waals surface area contributed by atoms with Gasteiger partial charge in [-0.25, -0.2) is 0 Å². The third-order valence-electron chi connectivity index (χ3n) is 4.72. The van der Waals surface area contributed by atoms with E-state index < -0.39 is 4.92 Å². The number of aromatic nitrogens is 3. The van der Waals surface area contributed by atoms with Crippen LogP contribution in [0, 0.1) is 10.1 Å². The molecule has 1 aromatic heterocycles. The van der Waals surface area contributed by atoms with E-state index in [1.807, 2.05) is 22.8 Å². The average molecular weight is 475 g/mol. The molecule has 0 N–H and O–H groups in total. The zero-order valence-electron chi connectivity index (χ0n) is 18.7. The lowest BCUT2D eigenvalue weighted by atomic mass is 10.2. The minimum absolute atomic E-state index is 0.0547. The Kier molecular flexibility index (Phi) is 8.90. The summed E-state index contributed by atoms with van der Waals surface area (Å²) in [4.78, 5) is 10.7. The van der Waals surface area contributed by atoms with E-state index in [4.69, 9.17) is 18.9 Å². The zero-order valence-corrected chi connectivity index (χ0v) is 19.5. The summed E-state index contributed by atoms with van der Waals surface area (Å²) in [5.74, 6) is 2.73. The fourth-order valence-corrected chi connectivity index (χ4v) is 3.95. The molecule has 0 spiro atoms. The summed E-state index contributed by atoms with van der Waals surface area (Å²) in [6.45, 7) is 1.55. The summed E-state index contributed by atoms with van der Waals surface area (Å²) in [7, 11) is 4.84. The molecule has 3 aromatic rings. The maximum absolute atomic E-state index is 11.1. The molecule has 0 atom stereocenters. The Labute approximate surface area is 196 Å². The van der Waals surface area contributed by atoms with Crippen molar-refractivity contribution in [2.24, 2.45) is 0 Å². The number of nitro groups is 1. The van der Waals surface area contributed by atoms with E-state index in [1.165, 1.54) is 17.8 Å². The van der Waals surface area contributed by atoms with Crippen LogP contribution >= 0.6 is 11.8 Å². The van der Waals surface area contributed by atoms with Gasteiger partial charge in [-0.2, -0.15) is 0 Å². The van der Waals surface area contributed by atoms with E-state index in [9.17, 15) is 10.1 Å². The van der Waals surface area contributed by atoms with Crippen LogP contribution in [0.4, 0.5) is 5.69 Å². The van der Waals surface area contributed by atoms with Crippen LogP contribution in [0.2, 0.25) is 0 Å². The summed E-state index contributed by atoms with van der Waals surface area (Å²) in [6.07, 6.45) is 0.787. The molecule has 0 aliphatic heterocycles. The smallest absolute Gasteiger partial charge is 0.310 e. The van der Waals surface area contributed by atoms with Crippen LogP contribution in [0.5, 0.6) is 17.2 Å². The molecule has 11 heteroatoms. The van der Waals surface area contributed by atoms with E-state index in [-0.39, 0.29) is 18.0 Å². The molecule has 3 rings (SSSR count). The van der Waals surface area contributed by atoms with Crippen LogP contribution in [0.25, 0.3) is 11.4 Å². The third kappa shape index (κ3) is 6.14. The lowest BCUT2D eigenvalue weighted by Gasteiger charge is -2.12. The molecule has 0 saturated heterocycles. The number of benzene rings is 2. The fraction of sp³-hybridized carbons (Fsp3) is 0.364. The highest BCUT2D eigenvalue weighted by atomic mass is 32.2. The van der Waals surface area contributed by atoms with Gasteiger partial charge in [-0.15, -0.1) is 10.2 Å². The first-order valence-electron chi connectivity index (χ1n) is 10.2. The van der Waals surface area contributed by atoms with E-state index >= 15 is 0 Å². The molecule has 176 valence electrons. The van der Waals surface area contributed by atoms with Gasteiger partial charge in [0.25, 0.3) is 0 Å². The summed E-state index contributed by atoms with van der Waals surface area (Å²) in [5.41, 5.74) is 0.793. The Morgan fingerprint density at radius 3 is 2.52 bits per heavy atom. The second-order valence-electron chi connectivity index (χ2n) is 6.80. The largest absolute Gasteiger partial charge is 0.493 e. The van der Waals surface area contributed by atoms with Crippen LogP contribution in [0.15, 0.2) is 47.6 Å². The second-order valence-corrected chi connectivity index (χ2v) is 7.86. The first-order chi connectivity index (χ1) is 16.1. The standard InChI is InChI=1S/C22H26N4O6S/c1-29-12-6-11-25-21(16-9-10-19(30-2)20(15-16)31-3)23-24-22(25)33-14-13-32-18-8-5-4-7-17(18)26(27)28/h4-5,7-10,15H,6,11-14H2,1-3H3. The Morgan fingerprint density at radius 1 is 1.00 bits per heavy atom. The minimum Gasteiger partial charge on any atom is -0.493 e. The first kappa shape index (κ1) is 24.3. The van der Waals surface area contributed by atoms with Gasteiger partial charge in [0.15, 0.2) is 28.2 Å². The number of ether oxygens (including phenoxy) is 4. The van der Waals surface area contributed by atoms with Crippen molar-refractivity contribution in [2.45, 2.75) is 18.1 Å². The molecule has 2 aromatic carbocycles. The van der Waals surface area contributed by atoms with Gasteiger partial charge < -0.3 is 23.5 Å². The maximum atomic E-state index is 11.1. The molecule has 0 saturated carbocycles. The van der Waals surface area contributed by atoms with Crippen LogP contribution < -0.4 is 14.2 Å². The monoisotopic (exact) mass is 474 g/mol. The SMILES string of the molecule is COCCCn1c(SCCOc2ccccc2[N+](=O)[O-])nnc1-c1ccc(OC)c(OC)c1. The van der Waals surface area contributed by atoms with Gasteiger partial charge in [0, 0.05) is 37.6 Å². The first-order valence-corrected chi connectivity index (χ1v) is 11.2. The molecule has 10 nitrogen and oxygen atoms in total. The van der Waals surface area contributed by atoms with E-state index in [2.05, 4.69) is 10.2 Å². The zero-order chi connectivity index (χ0) is 23.6. The van der Waals surface area contributed by atoms with Crippen LogP contribution in [-0.4, -0.2) is 60.0 Å². The highest BCUT2D eigenvalue weighted by molar-refractivity contribution is 7.99. The molecule has 0 aliphatic rings. The van der Waals surface area contributed by atoms with Crippen molar-refractivity contribution in [3.05, 3.63) is 52.6 Å². The van der Waals surface area contributed by atoms with Gasteiger partial charge >= 0.3 is 5.69 Å². The lowest BCUT2D eigenvalue weighted by molar-refractivity contribution is -0.385. The van der Waals surface area contributed by atoms with Crippen molar-refractivity contribution in [2.75, 3.05) is 40.3 Å². The Bertz CT molecular complexity index is 1070. The van der Waals surface area contributed by atoms with Gasteiger partial charge in [0.2, 0.25) is 0 Å². The number of nitro benzene ring substituents is 1. The number of hydrogen-bond acceptors (Lipinski definition) is 9. The number of rotatable bonds is 13. The lowest BCUT2D eigenvalue weighted by Crippen LogP contribution is -2.07. The highest BCUT2D eigenvalue weighted by Gasteiger charge is 2.17. The number of methoxy groups -OCH3 is 3. The van der Waals surface area contributed by atoms with E-state index in [0.29, 0.717) is 36.2 Å². The molecular weight excluding hydrogens is 448 g/mol. The number of hydrogen-bond donors (Lipinski definition) is 0. The van der Waals surface area contributed by atoms with Crippen LogP contribution in [-0.2, 0) is 11.3 Å². The van der Waals surface area contributed by atoms with E-state index in [1.54, 1.807) is 39.5 Å². The molecule has 0 radical (unpaired) electrons. The maximum Gasteiger partial charge on any atom is 0.310 e. The summed E-state index contributed by atoms with van der Waals surface area (Å²) >= 11 is 1.47. The predicted molar refractivity (Wildman–Crippen MR) is 124 cm³/mol. The molecule has 0 aliphatic carbocycles. The van der Waals surface area contributed by atoms with Crippen molar-refractivity contribution in [3.63, 3.8) is 0 Å². The predicted octanol–water partition coefficient (Wildman–Crippen LogP) is 4.08. The fourth-order valence-electron chi connectivity index (χ4n) is 3.17. The minimum atomic E-state index is -0.454. The quantitative estimate of drug-likeness (QED) is 0.157. The number of thioether (sulfide) groups is 1. The van der Waals surface area contributed by atoms with Gasteiger partial charge in [-0.05, 0) is 30.7 Å². The third-order valence-corrected chi connectivity index (χ3v) is 5.65. The molecule has 0 bridgehead atoms. The number of para-hydroxylation sites is 2. The summed E-state index contributed by atoms with van der Waals surface area (Å²) in [6, 6.07) is 11.9. The van der Waals surface area contributed by atoms with Crippen molar-refractivity contribution in [1.82, 2.24) is 14.8 Å². The van der Waals surface area contributed by atoms with Crippen molar-refractivity contribution < 1.29 is 23.9 Å². The highest BCUT2D eigenvalue weighted by Crippen LogP contribution is 2.33. The molecule has 0 fully saturated rings. The molecule has 0 unspecified atom stereocenters.